The SMILES string of the molecule is COc1ccc(C2(CNC(=O)C(C)(C)C)CCC2)cc1. The molecule has 3 heteroatoms. The number of methoxy groups -OCH3 is 1. The van der Waals surface area contributed by atoms with Crippen molar-refractivity contribution in [1.29, 1.82) is 0 Å². The van der Waals surface area contributed by atoms with Crippen LogP contribution in [-0.2, 0) is 10.2 Å². The Morgan fingerprint density at radius 1 is 1.25 bits per heavy atom. The lowest BCUT2D eigenvalue weighted by molar-refractivity contribution is -0.129. The van der Waals surface area contributed by atoms with Crippen LogP contribution in [0.1, 0.15) is 45.6 Å². The van der Waals surface area contributed by atoms with Gasteiger partial charge in [-0.1, -0.05) is 39.3 Å². The van der Waals surface area contributed by atoms with E-state index >= 15 is 0 Å². The van der Waals surface area contributed by atoms with Crippen molar-refractivity contribution in [3.63, 3.8) is 0 Å². The largest absolute Gasteiger partial charge is 0.497 e. The summed E-state index contributed by atoms with van der Waals surface area (Å²) >= 11 is 0. The number of rotatable bonds is 4. The van der Waals surface area contributed by atoms with Crippen molar-refractivity contribution in [3.8, 4) is 5.75 Å². The number of hydrogen-bond donors (Lipinski definition) is 1. The van der Waals surface area contributed by atoms with Gasteiger partial charge in [-0.15, -0.1) is 0 Å². The van der Waals surface area contributed by atoms with Crippen LogP contribution in [0.2, 0.25) is 0 Å². The lowest BCUT2D eigenvalue weighted by atomic mass is 9.64. The zero-order valence-electron chi connectivity index (χ0n) is 13.0. The summed E-state index contributed by atoms with van der Waals surface area (Å²) in [4.78, 5) is 12.1. The smallest absolute Gasteiger partial charge is 0.225 e. The van der Waals surface area contributed by atoms with E-state index in [9.17, 15) is 4.79 Å². The molecule has 0 spiro atoms. The Morgan fingerprint density at radius 2 is 1.85 bits per heavy atom. The fourth-order valence-corrected chi connectivity index (χ4v) is 2.63. The molecule has 0 atom stereocenters. The van der Waals surface area contributed by atoms with Crippen LogP contribution in [0.15, 0.2) is 24.3 Å². The van der Waals surface area contributed by atoms with Crippen molar-refractivity contribution < 1.29 is 9.53 Å². The van der Waals surface area contributed by atoms with Crippen LogP contribution in [0.5, 0.6) is 5.75 Å². The predicted octanol–water partition coefficient (Wildman–Crippen LogP) is 3.28. The number of nitrogens with one attached hydrogen (secondary N) is 1. The van der Waals surface area contributed by atoms with Gasteiger partial charge >= 0.3 is 0 Å². The highest BCUT2D eigenvalue weighted by Crippen LogP contribution is 2.43. The van der Waals surface area contributed by atoms with Crippen molar-refractivity contribution in [3.05, 3.63) is 29.8 Å². The molecule has 0 unspecified atom stereocenters. The Labute approximate surface area is 121 Å². The highest BCUT2D eigenvalue weighted by molar-refractivity contribution is 5.81. The van der Waals surface area contributed by atoms with Gasteiger partial charge in [0.15, 0.2) is 0 Å². The standard InChI is InChI=1S/C17H25NO2/c1-16(2,3)15(19)18-12-17(10-5-11-17)13-6-8-14(20-4)9-7-13/h6-9H,5,10-12H2,1-4H3,(H,18,19). The molecule has 0 heterocycles. The third-order valence-corrected chi connectivity index (χ3v) is 4.28. The molecule has 1 aliphatic rings. The number of hydrogen-bond acceptors (Lipinski definition) is 2. The Kier molecular flexibility index (Phi) is 4.07. The molecule has 1 N–H and O–H groups in total. The molecule has 1 aliphatic carbocycles. The maximum absolute atomic E-state index is 12.1. The third kappa shape index (κ3) is 2.97. The lowest BCUT2D eigenvalue weighted by Crippen LogP contribution is -2.48. The molecule has 3 nitrogen and oxygen atoms in total. The molecular formula is C17H25NO2. The third-order valence-electron chi connectivity index (χ3n) is 4.28. The van der Waals surface area contributed by atoms with E-state index in [1.807, 2.05) is 32.9 Å². The second-order valence-electron chi connectivity index (χ2n) is 6.80. The zero-order valence-corrected chi connectivity index (χ0v) is 13.0. The van der Waals surface area contributed by atoms with Gasteiger partial charge in [0.1, 0.15) is 5.75 Å². The molecule has 110 valence electrons. The van der Waals surface area contributed by atoms with E-state index in [0.29, 0.717) is 0 Å². The summed E-state index contributed by atoms with van der Waals surface area (Å²) in [7, 11) is 1.68. The number of carbonyl (C=O) groups is 1. The Hall–Kier alpha value is -1.51. The first-order chi connectivity index (χ1) is 9.37. The Balaban J connectivity index is 2.07. The van der Waals surface area contributed by atoms with Crippen LogP contribution in [-0.4, -0.2) is 19.6 Å². The molecule has 1 fully saturated rings. The fourth-order valence-electron chi connectivity index (χ4n) is 2.63. The van der Waals surface area contributed by atoms with Crippen LogP contribution in [0.25, 0.3) is 0 Å². The zero-order chi connectivity index (χ0) is 14.8. The minimum atomic E-state index is -0.329. The van der Waals surface area contributed by atoms with Crippen molar-refractivity contribution in [2.75, 3.05) is 13.7 Å². The molecule has 1 amide bonds. The van der Waals surface area contributed by atoms with Crippen LogP contribution in [0.3, 0.4) is 0 Å². The molecule has 1 aromatic carbocycles. The molecule has 0 saturated heterocycles. The first kappa shape index (κ1) is 14.9. The molecule has 1 aromatic rings. The van der Waals surface area contributed by atoms with E-state index in [4.69, 9.17) is 4.74 Å². The van der Waals surface area contributed by atoms with Crippen molar-refractivity contribution >= 4 is 5.91 Å². The van der Waals surface area contributed by atoms with Crippen LogP contribution < -0.4 is 10.1 Å². The summed E-state index contributed by atoms with van der Waals surface area (Å²) in [6.07, 6.45) is 3.52. The number of amides is 1. The van der Waals surface area contributed by atoms with Gasteiger partial charge in [0, 0.05) is 17.4 Å². The molecule has 2 rings (SSSR count). The quantitative estimate of drug-likeness (QED) is 0.915. The number of ether oxygens (including phenoxy) is 1. The van der Waals surface area contributed by atoms with E-state index in [-0.39, 0.29) is 16.7 Å². The first-order valence-corrected chi connectivity index (χ1v) is 7.30. The topological polar surface area (TPSA) is 38.3 Å². The van der Waals surface area contributed by atoms with E-state index in [2.05, 4.69) is 17.4 Å². The van der Waals surface area contributed by atoms with Gasteiger partial charge in [-0.05, 0) is 30.5 Å². The Bertz CT molecular complexity index is 467. The fraction of sp³-hybridized carbons (Fsp3) is 0.588. The van der Waals surface area contributed by atoms with Gasteiger partial charge < -0.3 is 10.1 Å². The lowest BCUT2D eigenvalue weighted by Gasteiger charge is -2.43. The maximum Gasteiger partial charge on any atom is 0.225 e. The van der Waals surface area contributed by atoms with E-state index < -0.39 is 0 Å². The van der Waals surface area contributed by atoms with Crippen LogP contribution in [0, 0.1) is 5.41 Å². The molecule has 1 saturated carbocycles. The molecule has 0 aliphatic heterocycles. The summed E-state index contributed by atoms with van der Waals surface area (Å²) in [5.41, 5.74) is 1.09. The minimum Gasteiger partial charge on any atom is -0.497 e. The molecule has 0 aromatic heterocycles. The van der Waals surface area contributed by atoms with Crippen molar-refractivity contribution in [2.45, 2.75) is 45.4 Å². The van der Waals surface area contributed by atoms with Gasteiger partial charge in [-0.2, -0.15) is 0 Å². The maximum atomic E-state index is 12.1. The highest BCUT2D eigenvalue weighted by atomic mass is 16.5. The van der Waals surface area contributed by atoms with Crippen LogP contribution >= 0.6 is 0 Å². The van der Waals surface area contributed by atoms with Crippen molar-refractivity contribution in [2.24, 2.45) is 5.41 Å². The van der Waals surface area contributed by atoms with Crippen molar-refractivity contribution in [1.82, 2.24) is 5.32 Å². The van der Waals surface area contributed by atoms with Gasteiger partial charge in [-0.3, -0.25) is 4.79 Å². The average Bonchev–Trinajstić information content (AvgIpc) is 2.37. The molecular weight excluding hydrogens is 250 g/mol. The van der Waals surface area contributed by atoms with Gasteiger partial charge in [0.25, 0.3) is 0 Å². The second kappa shape index (κ2) is 5.47. The molecule has 0 radical (unpaired) electrons. The Morgan fingerprint density at radius 3 is 2.25 bits per heavy atom. The van der Waals surface area contributed by atoms with Gasteiger partial charge in [0.2, 0.25) is 5.91 Å². The second-order valence-corrected chi connectivity index (χ2v) is 6.80. The summed E-state index contributed by atoms with van der Waals surface area (Å²) in [6.45, 7) is 6.57. The van der Waals surface area contributed by atoms with E-state index in [1.165, 1.54) is 12.0 Å². The van der Waals surface area contributed by atoms with Gasteiger partial charge in [0.05, 0.1) is 7.11 Å². The molecule has 0 bridgehead atoms. The summed E-state index contributed by atoms with van der Waals surface area (Å²) in [6, 6.07) is 8.25. The normalized spacial score (nSPS) is 17.2. The average molecular weight is 275 g/mol. The predicted molar refractivity (Wildman–Crippen MR) is 81.0 cm³/mol. The summed E-state index contributed by atoms with van der Waals surface area (Å²) < 4.78 is 5.21. The minimum absolute atomic E-state index is 0.118. The number of benzene rings is 1. The van der Waals surface area contributed by atoms with Crippen LogP contribution in [0.4, 0.5) is 0 Å². The summed E-state index contributed by atoms with van der Waals surface area (Å²) in [5, 5.41) is 3.12. The van der Waals surface area contributed by atoms with Gasteiger partial charge in [-0.25, -0.2) is 0 Å². The first-order valence-electron chi connectivity index (χ1n) is 7.30. The highest BCUT2D eigenvalue weighted by Gasteiger charge is 2.39. The van der Waals surface area contributed by atoms with E-state index in [0.717, 1.165) is 25.1 Å². The number of carbonyl (C=O) groups excluding carboxylic acids is 1. The molecule has 20 heavy (non-hydrogen) atoms. The van der Waals surface area contributed by atoms with E-state index in [1.54, 1.807) is 7.11 Å². The monoisotopic (exact) mass is 275 g/mol. The summed E-state index contributed by atoms with van der Waals surface area (Å²) in [5.74, 6) is 0.999.